The van der Waals surface area contributed by atoms with Gasteiger partial charge in [-0.2, -0.15) is 0 Å². The number of piperazine rings is 1. The minimum atomic E-state index is 0.309. The van der Waals surface area contributed by atoms with Crippen molar-refractivity contribution in [3.05, 3.63) is 0 Å². The summed E-state index contributed by atoms with van der Waals surface area (Å²) in [6, 6.07) is 0.309. The van der Waals surface area contributed by atoms with E-state index in [0.29, 0.717) is 6.04 Å². The minimum absolute atomic E-state index is 0.309. The van der Waals surface area contributed by atoms with Crippen molar-refractivity contribution in [2.75, 3.05) is 53.0 Å². The lowest BCUT2D eigenvalue weighted by Gasteiger charge is -2.35. The first-order chi connectivity index (χ1) is 7.76. The van der Waals surface area contributed by atoms with Gasteiger partial charge in [-0.25, -0.2) is 0 Å². The van der Waals surface area contributed by atoms with Gasteiger partial charge in [0.2, 0.25) is 0 Å². The van der Waals surface area contributed by atoms with Crippen LogP contribution < -0.4 is 5.73 Å². The average Bonchev–Trinajstić information content (AvgIpc) is 2.30. The Balaban J connectivity index is 2.08. The van der Waals surface area contributed by atoms with Crippen molar-refractivity contribution in [3.63, 3.8) is 0 Å². The Bertz CT molecular complexity index is 170. The number of likely N-dealkylation sites (N-methyl/N-ethyl adjacent to an activating group) is 1. The topological polar surface area (TPSA) is 41.7 Å². The Morgan fingerprint density at radius 2 is 1.81 bits per heavy atom. The van der Waals surface area contributed by atoms with Crippen LogP contribution in [-0.2, 0) is 4.74 Å². The summed E-state index contributed by atoms with van der Waals surface area (Å²) in [6.45, 7) is 10.0. The van der Waals surface area contributed by atoms with Crippen LogP contribution in [0.2, 0.25) is 0 Å². The number of ether oxygens (including phenoxy) is 1. The molecule has 0 aromatic heterocycles. The standard InChI is InChI=1S/C12H27N3O/c1-3-14-6-8-15(9-7-14)11-12(13)5-4-10-16-2/h12H,3-11,13H2,1-2H3. The lowest BCUT2D eigenvalue weighted by molar-refractivity contribution is 0.128. The molecule has 1 saturated heterocycles. The highest BCUT2D eigenvalue weighted by Crippen LogP contribution is 2.04. The third-order valence-electron chi connectivity index (χ3n) is 3.33. The summed E-state index contributed by atoms with van der Waals surface area (Å²) in [5, 5.41) is 0. The molecule has 4 nitrogen and oxygen atoms in total. The molecule has 0 aromatic rings. The number of methoxy groups -OCH3 is 1. The van der Waals surface area contributed by atoms with Gasteiger partial charge < -0.3 is 15.4 Å². The molecule has 0 amide bonds. The van der Waals surface area contributed by atoms with Crippen molar-refractivity contribution in [3.8, 4) is 0 Å². The van der Waals surface area contributed by atoms with Gasteiger partial charge in [0.25, 0.3) is 0 Å². The third kappa shape index (κ3) is 5.25. The molecule has 16 heavy (non-hydrogen) atoms. The fraction of sp³-hybridized carbons (Fsp3) is 1.00. The zero-order valence-electron chi connectivity index (χ0n) is 10.8. The van der Waals surface area contributed by atoms with E-state index in [1.807, 2.05) is 0 Å². The predicted octanol–water partition coefficient (Wildman–Crippen LogP) is 0.378. The lowest BCUT2D eigenvalue weighted by atomic mass is 10.1. The van der Waals surface area contributed by atoms with E-state index in [0.717, 1.165) is 26.0 Å². The van der Waals surface area contributed by atoms with Crippen molar-refractivity contribution in [1.29, 1.82) is 0 Å². The molecule has 1 rings (SSSR count). The number of rotatable bonds is 7. The van der Waals surface area contributed by atoms with Gasteiger partial charge in [0.05, 0.1) is 0 Å². The van der Waals surface area contributed by atoms with E-state index in [1.54, 1.807) is 7.11 Å². The van der Waals surface area contributed by atoms with Gasteiger partial charge in [-0.05, 0) is 19.4 Å². The van der Waals surface area contributed by atoms with Crippen LogP contribution in [0.25, 0.3) is 0 Å². The molecule has 1 fully saturated rings. The molecule has 1 unspecified atom stereocenters. The maximum absolute atomic E-state index is 6.10. The minimum Gasteiger partial charge on any atom is -0.385 e. The maximum Gasteiger partial charge on any atom is 0.0462 e. The molecule has 1 aliphatic rings. The molecule has 0 saturated carbocycles. The summed E-state index contributed by atoms with van der Waals surface area (Å²) < 4.78 is 5.03. The third-order valence-corrected chi connectivity index (χ3v) is 3.33. The summed E-state index contributed by atoms with van der Waals surface area (Å²) in [5.74, 6) is 0. The molecule has 2 N–H and O–H groups in total. The van der Waals surface area contributed by atoms with Gasteiger partial charge in [-0.15, -0.1) is 0 Å². The van der Waals surface area contributed by atoms with Crippen LogP contribution in [0.3, 0.4) is 0 Å². The second kappa shape index (κ2) is 8.01. The first kappa shape index (κ1) is 13.9. The highest BCUT2D eigenvalue weighted by molar-refractivity contribution is 4.75. The molecule has 1 aliphatic heterocycles. The van der Waals surface area contributed by atoms with Crippen LogP contribution in [0.1, 0.15) is 19.8 Å². The van der Waals surface area contributed by atoms with E-state index in [9.17, 15) is 0 Å². The van der Waals surface area contributed by atoms with Gasteiger partial charge in [0.15, 0.2) is 0 Å². The van der Waals surface area contributed by atoms with Crippen molar-refractivity contribution in [1.82, 2.24) is 9.80 Å². The largest absolute Gasteiger partial charge is 0.385 e. The van der Waals surface area contributed by atoms with Gasteiger partial charge in [0.1, 0.15) is 0 Å². The van der Waals surface area contributed by atoms with Crippen LogP contribution in [0.4, 0.5) is 0 Å². The molecule has 4 heteroatoms. The van der Waals surface area contributed by atoms with Gasteiger partial charge in [0, 0.05) is 52.5 Å². The SMILES string of the molecule is CCN1CCN(CC(N)CCCOC)CC1. The number of hydrogen-bond donors (Lipinski definition) is 1. The second-order valence-electron chi connectivity index (χ2n) is 4.63. The van der Waals surface area contributed by atoms with E-state index in [4.69, 9.17) is 10.5 Å². The Morgan fingerprint density at radius 3 is 2.38 bits per heavy atom. The van der Waals surface area contributed by atoms with Crippen LogP contribution in [0.5, 0.6) is 0 Å². The molecule has 1 atom stereocenters. The molecule has 0 aromatic carbocycles. The highest BCUT2D eigenvalue weighted by atomic mass is 16.5. The fourth-order valence-electron chi connectivity index (χ4n) is 2.20. The van der Waals surface area contributed by atoms with Crippen molar-refractivity contribution < 1.29 is 4.74 Å². The van der Waals surface area contributed by atoms with E-state index < -0.39 is 0 Å². The monoisotopic (exact) mass is 229 g/mol. The number of nitrogens with two attached hydrogens (primary N) is 1. The maximum atomic E-state index is 6.10. The average molecular weight is 229 g/mol. The molecule has 96 valence electrons. The molecule has 0 bridgehead atoms. The summed E-state index contributed by atoms with van der Waals surface area (Å²) in [4.78, 5) is 4.98. The summed E-state index contributed by atoms with van der Waals surface area (Å²) >= 11 is 0. The predicted molar refractivity (Wildman–Crippen MR) is 67.6 cm³/mol. The Labute approximate surface area is 99.7 Å². The van der Waals surface area contributed by atoms with E-state index >= 15 is 0 Å². The molecule has 0 radical (unpaired) electrons. The second-order valence-corrected chi connectivity index (χ2v) is 4.63. The lowest BCUT2D eigenvalue weighted by Crippen LogP contribution is -2.49. The van der Waals surface area contributed by atoms with Crippen LogP contribution in [-0.4, -0.2) is 68.8 Å². The van der Waals surface area contributed by atoms with E-state index in [2.05, 4.69) is 16.7 Å². The quantitative estimate of drug-likeness (QED) is 0.641. The first-order valence-corrected chi connectivity index (χ1v) is 6.45. The zero-order valence-corrected chi connectivity index (χ0v) is 10.8. The molecule has 0 aliphatic carbocycles. The number of hydrogen-bond acceptors (Lipinski definition) is 4. The number of nitrogens with zero attached hydrogens (tertiary/aromatic N) is 2. The van der Waals surface area contributed by atoms with Gasteiger partial charge in [-0.1, -0.05) is 6.92 Å². The molecular weight excluding hydrogens is 202 g/mol. The normalized spacial score (nSPS) is 21.2. The van der Waals surface area contributed by atoms with Crippen LogP contribution >= 0.6 is 0 Å². The smallest absolute Gasteiger partial charge is 0.0462 e. The Kier molecular flexibility index (Phi) is 6.96. The van der Waals surface area contributed by atoms with Crippen LogP contribution in [0.15, 0.2) is 0 Å². The summed E-state index contributed by atoms with van der Waals surface area (Å²) in [5.41, 5.74) is 6.10. The van der Waals surface area contributed by atoms with E-state index in [1.165, 1.54) is 32.7 Å². The molecular formula is C12H27N3O. The van der Waals surface area contributed by atoms with Crippen LogP contribution in [0, 0.1) is 0 Å². The summed E-state index contributed by atoms with van der Waals surface area (Å²) in [7, 11) is 1.75. The highest BCUT2D eigenvalue weighted by Gasteiger charge is 2.17. The van der Waals surface area contributed by atoms with Crippen molar-refractivity contribution in [2.45, 2.75) is 25.8 Å². The fourth-order valence-corrected chi connectivity index (χ4v) is 2.20. The van der Waals surface area contributed by atoms with Crippen molar-refractivity contribution >= 4 is 0 Å². The summed E-state index contributed by atoms with van der Waals surface area (Å²) in [6.07, 6.45) is 2.15. The zero-order chi connectivity index (χ0) is 11.8. The Hall–Kier alpha value is -0.160. The Morgan fingerprint density at radius 1 is 1.19 bits per heavy atom. The van der Waals surface area contributed by atoms with E-state index in [-0.39, 0.29) is 0 Å². The first-order valence-electron chi connectivity index (χ1n) is 6.45. The van der Waals surface area contributed by atoms with Crippen molar-refractivity contribution in [2.24, 2.45) is 5.73 Å². The molecule has 0 spiro atoms. The van der Waals surface area contributed by atoms with Gasteiger partial charge in [-0.3, -0.25) is 4.90 Å². The van der Waals surface area contributed by atoms with Gasteiger partial charge >= 0.3 is 0 Å². The molecule has 1 heterocycles.